The number of unbranched alkanes of at least 4 members (excludes halogenated alkanes) is 1. The number of carbonyl (C=O) groups is 3. The summed E-state index contributed by atoms with van der Waals surface area (Å²) in [6.45, 7) is 2.11. The largest absolute Gasteiger partial charge is 0.466 e. The highest BCUT2D eigenvalue weighted by molar-refractivity contribution is 6.14. The van der Waals surface area contributed by atoms with Gasteiger partial charge >= 0.3 is 17.9 Å². The lowest BCUT2D eigenvalue weighted by Gasteiger charge is -2.24. The number of ether oxygens (including phenoxy) is 3. The van der Waals surface area contributed by atoms with Crippen molar-refractivity contribution in [2.75, 3.05) is 6.61 Å². The molecule has 2 aliphatic rings. The van der Waals surface area contributed by atoms with Crippen molar-refractivity contribution in [2.24, 2.45) is 0 Å². The molecular weight excluding hydrogens is 360 g/mol. The molecule has 0 aromatic rings. The van der Waals surface area contributed by atoms with E-state index >= 15 is 0 Å². The van der Waals surface area contributed by atoms with Crippen LogP contribution in [0.1, 0.15) is 90.4 Å². The SMILES string of the molecule is CCOC(=O)CCCC=C(C(=O)OC1CCCCC1)C(=O)OC1CCCCC1. The minimum absolute atomic E-state index is 0.0278. The molecular formula is C22H34O6. The molecule has 2 aliphatic carbocycles. The molecule has 0 radical (unpaired) electrons. The summed E-state index contributed by atoms with van der Waals surface area (Å²) in [6.07, 6.45) is 12.4. The van der Waals surface area contributed by atoms with Gasteiger partial charge in [0.1, 0.15) is 17.8 Å². The van der Waals surface area contributed by atoms with Gasteiger partial charge in [0.05, 0.1) is 6.61 Å². The number of esters is 3. The Bertz CT molecular complexity index is 507. The number of hydrogen-bond acceptors (Lipinski definition) is 6. The van der Waals surface area contributed by atoms with Gasteiger partial charge in [-0.2, -0.15) is 0 Å². The van der Waals surface area contributed by atoms with E-state index in [4.69, 9.17) is 14.2 Å². The zero-order valence-corrected chi connectivity index (χ0v) is 17.1. The van der Waals surface area contributed by atoms with Crippen LogP contribution in [0.25, 0.3) is 0 Å². The summed E-state index contributed by atoms with van der Waals surface area (Å²) in [5.41, 5.74) is -0.0278. The van der Waals surface area contributed by atoms with Crippen molar-refractivity contribution < 1.29 is 28.6 Å². The first-order valence-corrected chi connectivity index (χ1v) is 10.9. The lowest BCUT2D eigenvalue weighted by Crippen LogP contribution is -2.28. The van der Waals surface area contributed by atoms with Crippen molar-refractivity contribution in [3.8, 4) is 0 Å². The summed E-state index contributed by atoms with van der Waals surface area (Å²) in [6, 6.07) is 0. The van der Waals surface area contributed by atoms with E-state index in [1.165, 1.54) is 0 Å². The van der Waals surface area contributed by atoms with Crippen LogP contribution in [0.15, 0.2) is 11.6 Å². The van der Waals surface area contributed by atoms with E-state index < -0.39 is 11.9 Å². The Morgan fingerprint density at radius 2 is 1.32 bits per heavy atom. The quantitative estimate of drug-likeness (QED) is 0.144. The van der Waals surface area contributed by atoms with E-state index in [-0.39, 0.29) is 30.2 Å². The lowest BCUT2D eigenvalue weighted by molar-refractivity contribution is -0.154. The molecule has 0 bridgehead atoms. The van der Waals surface area contributed by atoms with Gasteiger partial charge in [0.15, 0.2) is 0 Å². The fourth-order valence-corrected chi connectivity index (χ4v) is 3.77. The van der Waals surface area contributed by atoms with Crippen LogP contribution in [0.5, 0.6) is 0 Å². The maximum absolute atomic E-state index is 12.6. The highest BCUT2D eigenvalue weighted by atomic mass is 16.6. The highest BCUT2D eigenvalue weighted by Crippen LogP contribution is 2.24. The number of allylic oxidation sites excluding steroid dienone is 1. The molecule has 158 valence electrons. The minimum Gasteiger partial charge on any atom is -0.466 e. The molecule has 2 rings (SSSR count). The molecule has 6 nitrogen and oxygen atoms in total. The second kappa shape index (κ2) is 12.6. The fourth-order valence-electron chi connectivity index (χ4n) is 3.77. The maximum atomic E-state index is 12.6. The van der Waals surface area contributed by atoms with Crippen LogP contribution in [-0.4, -0.2) is 36.7 Å². The Morgan fingerprint density at radius 1 is 0.821 bits per heavy atom. The average Bonchev–Trinajstić information content (AvgIpc) is 2.69. The van der Waals surface area contributed by atoms with Crippen molar-refractivity contribution in [1.82, 2.24) is 0 Å². The second-order valence-corrected chi connectivity index (χ2v) is 7.65. The van der Waals surface area contributed by atoms with Crippen LogP contribution in [0.4, 0.5) is 0 Å². The van der Waals surface area contributed by atoms with Crippen LogP contribution in [-0.2, 0) is 28.6 Å². The molecule has 0 unspecified atom stereocenters. The summed E-state index contributed by atoms with van der Waals surface area (Å²) >= 11 is 0. The van der Waals surface area contributed by atoms with Gasteiger partial charge in [-0.15, -0.1) is 0 Å². The van der Waals surface area contributed by atoms with Gasteiger partial charge < -0.3 is 14.2 Å². The standard InChI is InChI=1S/C22H34O6/c1-2-26-20(23)16-10-9-15-19(21(24)27-17-11-5-3-6-12-17)22(25)28-18-13-7-4-8-14-18/h15,17-18H,2-14,16H2,1H3. The Hall–Kier alpha value is -1.85. The Morgan fingerprint density at radius 3 is 1.79 bits per heavy atom. The Balaban J connectivity index is 1.94. The van der Waals surface area contributed by atoms with Crippen molar-refractivity contribution in [2.45, 2.75) is 103 Å². The van der Waals surface area contributed by atoms with Crippen LogP contribution in [0.3, 0.4) is 0 Å². The van der Waals surface area contributed by atoms with Crippen LogP contribution < -0.4 is 0 Å². The van der Waals surface area contributed by atoms with Gasteiger partial charge in [0, 0.05) is 6.42 Å². The van der Waals surface area contributed by atoms with Crippen molar-refractivity contribution in [1.29, 1.82) is 0 Å². The molecule has 0 aromatic carbocycles. The Kier molecular flexibility index (Phi) is 10.1. The molecule has 0 aliphatic heterocycles. The summed E-state index contributed by atoms with van der Waals surface area (Å²) in [7, 11) is 0. The number of carbonyl (C=O) groups excluding carboxylic acids is 3. The molecule has 0 spiro atoms. The van der Waals surface area contributed by atoms with E-state index in [9.17, 15) is 14.4 Å². The molecule has 2 saturated carbocycles. The smallest absolute Gasteiger partial charge is 0.345 e. The predicted octanol–water partition coefficient (Wildman–Crippen LogP) is 4.40. The molecule has 28 heavy (non-hydrogen) atoms. The molecule has 0 aromatic heterocycles. The predicted molar refractivity (Wildman–Crippen MR) is 104 cm³/mol. The van der Waals surface area contributed by atoms with Gasteiger partial charge in [-0.05, 0) is 71.1 Å². The third-order valence-corrected chi connectivity index (χ3v) is 5.33. The van der Waals surface area contributed by atoms with E-state index in [0.717, 1.165) is 64.2 Å². The van der Waals surface area contributed by atoms with Crippen LogP contribution >= 0.6 is 0 Å². The molecule has 2 fully saturated rings. The van der Waals surface area contributed by atoms with Gasteiger partial charge in [0.2, 0.25) is 0 Å². The van der Waals surface area contributed by atoms with Gasteiger partial charge in [0.25, 0.3) is 0 Å². The first-order valence-electron chi connectivity index (χ1n) is 10.9. The van der Waals surface area contributed by atoms with E-state index in [0.29, 0.717) is 19.4 Å². The Labute approximate surface area is 168 Å². The molecule has 6 heteroatoms. The maximum Gasteiger partial charge on any atom is 0.345 e. The zero-order valence-electron chi connectivity index (χ0n) is 17.1. The summed E-state index contributed by atoms with van der Waals surface area (Å²) < 4.78 is 16.1. The number of hydrogen-bond donors (Lipinski definition) is 0. The second-order valence-electron chi connectivity index (χ2n) is 7.65. The summed E-state index contributed by atoms with van der Waals surface area (Å²) in [5, 5.41) is 0. The van der Waals surface area contributed by atoms with E-state index in [2.05, 4.69) is 0 Å². The fraction of sp³-hybridized carbons (Fsp3) is 0.773. The van der Waals surface area contributed by atoms with Crippen LogP contribution in [0.2, 0.25) is 0 Å². The van der Waals surface area contributed by atoms with Crippen LogP contribution in [0, 0.1) is 0 Å². The van der Waals surface area contributed by atoms with E-state index in [1.807, 2.05) is 0 Å². The van der Waals surface area contributed by atoms with Gasteiger partial charge in [-0.3, -0.25) is 4.79 Å². The molecule has 0 amide bonds. The van der Waals surface area contributed by atoms with E-state index in [1.54, 1.807) is 13.0 Å². The topological polar surface area (TPSA) is 78.9 Å². The first-order chi connectivity index (χ1) is 13.6. The monoisotopic (exact) mass is 394 g/mol. The highest BCUT2D eigenvalue weighted by Gasteiger charge is 2.28. The molecule has 0 heterocycles. The van der Waals surface area contributed by atoms with Gasteiger partial charge in [-0.1, -0.05) is 18.9 Å². The van der Waals surface area contributed by atoms with Crippen molar-refractivity contribution in [3.63, 3.8) is 0 Å². The zero-order chi connectivity index (χ0) is 20.2. The first kappa shape index (κ1) is 22.4. The minimum atomic E-state index is -0.594. The summed E-state index contributed by atoms with van der Waals surface area (Å²) in [5.74, 6) is -1.46. The van der Waals surface area contributed by atoms with Crippen molar-refractivity contribution >= 4 is 17.9 Å². The average molecular weight is 395 g/mol. The summed E-state index contributed by atoms with van der Waals surface area (Å²) in [4.78, 5) is 36.7. The van der Waals surface area contributed by atoms with Crippen molar-refractivity contribution in [3.05, 3.63) is 11.6 Å². The van der Waals surface area contributed by atoms with Gasteiger partial charge in [-0.25, -0.2) is 9.59 Å². The molecule has 0 atom stereocenters. The molecule has 0 saturated heterocycles. The normalized spacial score (nSPS) is 18.2. The number of rotatable bonds is 9. The third-order valence-electron chi connectivity index (χ3n) is 5.33. The molecule has 0 N–H and O–H groups in total. The third kappa shape index (κ3) is 8.03. The lowest BCUT2D eigenvalue weighted by atomic mass is 9.97.